The van der Waals surface area contributed by atoms with Gasteiger partial charge in [0.15, 0.2) is 11.7 Å². The van der Waals surface area contributed by atoms with Gasteiger partial charge >= 0.3 is 0 Å². The predicted molar refractivity (Wildman–Crippen MR) is 121 cm³/mol. The number of thiocarbonyl (C=S) groups is 1. The van der Waals surface area contributed by atoms with Gasteiger partial charge in [0.2, 0.25) is 5.91 Å². The lowest BCUT2D eigenvalue weighted by Crippen LogP contribution is -2.37. The molecule has 7 heteroatoms. The van der Waals surface area contributed by atoms with E-state index in [1.807, 2.05) is 24.3 Å². The molecule has 0 radical (unpaired) electrons. The number of amides is 2. The molecule has 0 aliphatic rings. The monoisotopic (exact) mass is 413 g/mol. The Morgan fingerprint density at radius 1 is 1.03 bits per heavy atom. The smallest absolute Gasteiger partial charge is 0.264 e. The van der Waals surface area contributed by atoms with Crippen LogP contribution in [-0.2, 0) is 15.0 Å². The van der Waals surface area contributed by atoms with E-state index < -0.39 is 0 Å². The highest BCUT2D eigenvalue weighted by Gasteiger charge is 2.13. The zero-order valence-corrected chi connectivity index (χ0v) is 18.2. The average Bonchev–Trinajstić information content (AvgIpc) is 2.66. The van der Waals surface area contributed by atoms with E-state index in [1.165, 1.54) is 17.4 Å². The van der Waals surface area contributed by atoms with Crippen molar-refractivity contribution in [3.63, 3.8) is 0 Å². The topological polar surface area (TPSA) is 70.7 Å². The molecular formula is C22H27N3O3S. The van der Waals surface area contributed by atoms with Crippen molar-refractivity contribution in [1.29, 1.82) is 0 Å². The minimum atomic E-state index is -0.352. The molecule has 0 unspecified atom stereocenters. The maximum Gasteiger partial charge on any atom is 0.264 e. The molecule has 0 heterocycles. The van der Waals surface area contributed by atoms with Crippen LogP contribution in [0.15, 0.2) is 48.5 Å². The molecule has 2 N–H and O–H groups in total. The number of nitrogens with zero attached hydrogens (tertiary/aromatic N) is 1. The Morgan fingerprint density at radius 2 is 1.62 bits per heavy atom. The normalized spacial score (nSPS) is 10.8. The Hall–Kier alpha value is -2.93. The Bertz CT molecular complexity index is 872. The summed E-state index contributed by atoms with van der Waals surface area (Å²) in [6, 6.07) is 14.8. The van der Waals surface area contributed by atoms with Crippen LogP contribution in [0.5, 0.6) is 5.75 Å². The first-order valence-corrected chi connectivity index (χ1v) is 9.65. The first-order valence-electron chi connectivity index (χ1n) is 9.25. The van der Waals surface area contributed by atoms with Crippen molar-refractivity contribution in [1.82, 2.24) is 5.32 Å². The number of hydrogen-bond donors (Lipinski definition) is 2. The van der Waals surface area contributed by atoms with E-state index in [2.05, 4.69) is 31.4 Å². The maximum absolute atomic E-state index is 12.1. The maximum atomic E-state index is 12.1. The standard InChI is InChI=1S/C22H27N3O3S/c1-15(26)25(5)18-10-8-17(9-11-18)23-21(29)24-20(27)14-28-19-12-6-16(7-13-19)22(2,3)4/h6-13H,14H2,1-5H3,(H2,23,24,27,29). The molecule has 0 saturated carbocycles. The predicted octanol–water partition coefficient (Wildman–Crippen LogP) is 3.86. The summed E-state index contributed by atoms with van der Waals surface area (Å²) in [5, 5.41) is 5.69. The molecule has 29 heavy (non-hydrogen) atoms. The molecule has 0 fully saturated rings. The van der Waals surface area contributed by atoms with Crippen molar-refractivity contribution < 1.29 is 14.3 Å². The van der Waals surface area contributed by atoms with Gasteiger partial charge in [-0.15, -0.1) is 0 Å². The molecule has 0 spiro atoms. The van der Waals surface area contributed by atoms with Crippen LogP contribution in [0.2, 0.25) is 0 Å². The Balaban J connectivity index is 1.81. The number of nitrogens with one attached hydrogen (secondary N) is 2. The van der Waals surface area contributed by atoms with E-state index in [0.717, 1.165) is 5.69 Å². The summed E-state index contributed by atoms with van der Waals surface area (Å²) in [4.78, 5) is 25.0. The Labute approximate surface area is 177 Å². The molecule has 0 saturated heterocycles. The lowest BCUT2D eigenvalue weighted by Gasteiger charge is -2.19. The number of hydrogen-bond acceptors (Lipinski definition) is 4. The third-order valence-electron chi connectivity index (χ3n) is 4.33. The summed E-state index contributed by atoms with van der Waals surface area (Å²) in [6.07, 6.45) is 0. The molecule has 2 rings (SSSR count). The molecule has 0 aromatic heterocycles. The van der Waals surface area contributed by atoms with Crippen LogP contribution >= 0.6 is 12.2 Å². The molecule has 2 aromatic carbocycles. The van der Waals surface area contributed by atoms with Crippen LogP contribution in [0.1, 0.15) is 33.3 Å². The van der Waals surface area contributed by atoms with Gasteiger partial charge in [-0.1, -0.05) is 32.9 Å². The summed E-state index contributed by atoms with van der Waals surface area (Å²) in [5.74, 6) is 0.217. The van der Waals surface area contributed by atoms with Crippen LogP contribution in [0.4, 0.5) is 11.4 Å². The molecule has 0 aliphatic heterocycles. The van der Waals surface area contributed by atoms with E-state index in [4.69, 9.17) is 17.0 Å². The summed E-state index contributed by atoms with van der Waals surface area (Å²) in [5.41, 5.74) is 2.73. The van der Waals surface area contributed by atoms with E-state index in [1.54, 1.807) is 31.3 Å². The van der Waals surface area contributed by atoms with Gasteiger partial charge in [-0.05, 0) is 59.6 Å². The van der Waals surface area contributed by atoms with Crippen LogP contribution < -0.4 is 20.3 Å². The molecule has 0 aliphatic carbocycles. The van der Waals surface area contributed by atoms with Gasteiger partial charge < -0.3 is 15.0 Å². The molecule has 154 valence electrons. The third-order valence-corrected chi connectivity index (χ3v) is 4.53. The fraction of sp³-hybridized carbons (Fsp3) is 0.318. The van der Waals surface area contributed by atoms with Gasteiger partial charge in [0.25, 0.3) is 5.91 Å². The summed E-state index contributed by atoms with van der Waals surface area (Å²) >= 11 is 5.16. The van der Waals surface area contributed by atoms with Gasteiger partial charge in [0.05, 0.1) is 0 Å². The first-order chi connectivity index (χ1) is 13.6. The summed E-state index contributed by atoms with van der Waals surface area (Å²) < 4.78 is 5.51. The lowest BCUT2D eigenvalue weighted by molar-refractivity contribution is -0.121. The van der Waals surface area contributed by atoms with Crippen molar-refractivity contribution in [2.45, 2.75) is 33.1 Å². The number of carbonyl (C=O) groups excluding carboxylic acids is 2. The lowest BCUT2D eigenvalue weighted by atomic mass is 9.87. The number of ether oxygens (including phenoxy) is 1. The number of benzene rings is 2. The fourth-order valence-electron chi connectivity index (χ4n) is 2.48. The highest BCUT2D eigenvalue weighted by atomic mass is 32.1. The number of anilines is 2. The van der Waals surface area contributed by atoms with E-state index in [9.17, 15) is 9.59 Å². The van der Waals surface area contributed by atoms with Crippen LogP contribution in [0.25, 0.3) is 0 Å². The third kappa shape index (κ3) is 6.87. The first kappa shape index (κ1) is 22.4. The largest absolute Gasteiger partial charge is 0.484 e. The second-order valence-electron chi connectivity index (χ2n) is 7.69. The van der Waals surface area contributed by atoms with E-state index in [-0.39, 0.29) is 28.9 Å². The van der Waals surface area contributed by atoms with Gasteiger partial charge in [0.1, 0.15) is 5.75 Å². The molecule has 0 atom stereocenters. The average molecular weight is 414 g/mol. The number of carbonyl (C=O) groups is 2. The zero-order valence-electron chi connectivity index (χ0n) is 17.4. The SMILES string of the molecule is CC(=O)N(C)c1ccc(NC(=S)NC(=O)COc2ccc(C(C)(C)C)cc2)cc1. The summed E-state index contributed by atoms with van der Waals surface area (Å²) in [6.45, 7) is 7.77. The molecule has 6 nitrogen and oxygen atoms in total. The second-order valence-corrected chi connectivity index (χ2v) is 8.10. The molecule has 2 amide bonds. The second kappa shape index (κ2) is 9.52. The highest BCUT2D eigenvalue weighted by Crippen LogP contribution is 2.24. The Kier molecular flexibility index (Phi) is 7.34. The van der Waals surface area contributed by atoms with Gasteiger partial charge in [-0.25, -0.2) is 0 Å². The van der Waals surface area contributed by atoms with Crippen molar-refractivity contribution in [2.24, 2.45) is 0 Å². The minimum absolute atomic E-state index is 0.0541. The van der Waals surface area contributed by atoms with Crippen molar-refractivity contribution in [2.75, 3.05) is 23.9 Å². The summed E-state index contributed by atoms with van der Waals surface area (Å²) in [7, 11) is 1.70. The molecule has 2 aromatic rings. The van der Waals surface area contributed by atoms with Gasteiger partial charge in [0, 0.05) is 25.3 Å². The van der Waals surface area contributed by atoms with E-state index >= 15 is 0 Å². The minimum Gasteiger partial charge on any atom is -0.484 e. The molecular weight excluding hydrogens is 386 g/mol. The van der Waals surface area contributed by atoms with Crippen molar-refractivity contribution >= 4 is 40.5 Å². The van der Waals surface area contributed by atoms with Crippen molar-refractivity contribution in [3.8, 4) is 5.75 Å². The van der Waals surface area contributed by atoms with Crippen LogP contribution in [-0.4, -0.2) is 30.6 Å². The van der Waals surface area contributed by atoms with Crippen LogP contribution in [0.3, 0.4) is 0 Å². The fourth-order valence-corrected chi connectivity index (χ4v) is 2.71. The molecule has 0 bridgehead atoms. The Morgan fingerprint density at radius 3 is 2.14 bits per heavy atom. The highest BCUT2D eigenvalue weighted by molar-refractivity contribution is 7.80. The van der Waals surface area contributed by atoms with Crippen molar-refractivity contribution in [3.05, 3.63) is 54.1 Å². The van der Waals surface area contributed by atoms with Crippen LogP contribution in [0, 0.1) is 0 Å². The zero-order chi connectivity index (χ0) is 21.6. The van der Waals surface area contributed by atoms with E-state index in [0.29, 0.717) is 11.4 Å². The quantitative estimate of drug-likeness (QED) is 0.729. The van der Waals surface area contributed by atoms with Gasteiger partial charge in [-0.3, -0.25) is 14.9 Å². The van der Waals surface area contributed by atoms with Gasteiger partial charge in [-0.2, -0.15) is 0 Å². The number of rotatable bonds is 5.